The van der Waals surface area contributed by atoms with Crippen LogP contribution in [0, 0.1) is 0 Å². The lowest BCUT2D eigenvalue weighted by Gasteiger charge is -2.28. The van der Waals surface area contributed by atoms with Gasteiger partial charge in [0, 0.05) is 13.1 Å². The minimum atomic E-state index is -0.762. The molecule has 0 aliphatic carbocycles. The largest absolute Gasteiger partial charge is 0.389 e. The van der Waals surface area contributed by atoms with Gasteiger partial charge in [0.05, 0.1) is 18.0 Å². The van der Waals surface area contributed by atoms with E-state index in [0.717, 1.165) is 6.54 Å². The number of nitrogens with zero attached hydrogens (tertiary/aromatic N) is 3. The van der Waals surface area contributed by atoms with Crippen molar-refractivity contribution in [2.75, 3.05) is 23.7 Å². The second-order valence-corrected chi connectivity index (χ2v) is 4.13. The summed E-state index contributed by atoms with van der Waals surface area (Å²) in [6, 6.07) is 0. The van der Waals surface area contributed by atoms with E-state index in [1.54, 1.807) is 20.0 Å². The van der Waals surface area contributed by atoms with Gasteiger partial charge in [-0.15, -0.1) is 0 Å². The van der Waals surface area contributed by atoms with Crippen molar-refractivity contribution in [3.05, 3.63) is 12.4 Å². The van der Waals surface area contributed by atoms with Gasteiger partial charge in [-0.2, -0.15) is 0 Å². The van der Waals surface area contributed by atoms with Gasteiger partial charge in [0.2, 0.25) is 0 Å². The predicted molar refractivity (Wildman–Crippen MR) is 60.6 cm³/mol. The molecule has 84 valence electrons. The molecule has 0 atom stereocenters. The number of hydrogen-bond acceptors (Lipinski definition) is 5. The summed E-state index contributed by atoms with van der Waals surface area (Å²) in [5, 5.41) is 9.73. The smallest absolute Gasteiger partial charge is 0.149 e. The lowest BCUT2D eigenvalue weighted by Crippen LogP contribution is -2.39. The normalized spacial score (nSPS) is 11.5. The number of aromatic nitrogens is 2. The number of aliphatic hydroxyl groups is 1. The molecular weight excluding hydrogens is 192 g/mol. The topological polar surface area (TPSA) is 75.3 Å². The van der Waals surface area contributed by atoms with Gasteiger partial charge in [-0.1, -0.05) is 0 Å². The van der Waals surface area contributed by atoms with E-state index in [2.05, 4.69) is 9.97 Å². The van der Waals surface area contributed by atoms with Crippen LogP contribution >= 0.6 is 0 Å². The van der Waals surface area contributed by atoms with Gasteiger partial charge < -0.3 is 15.7 Å². The van der Waals surface area contributed by atoms with Crippen molar-refractivity contribution in [3.63, 3.8) is 0 Å². The molecule has 0 bridgehead atoms. The van der Waals surface area contributed by atoms with E-state index in [1.807, 2.05) is 11.8 Å². The van der Waals surface area contributed by atoms with Crippen molar-refractivity contribution in [1.29, 1.82) is 0 Å². The standard InChI is InChI=1S/C10H18N4O/c1-4-14(7-10(2,3)15)9-6-12-5-8(11)13-9/h5-6,15H,4,7H2,1-3H3,(H2,11,13). The van der Waals surface area contributed by atoms with Crippen LogP contribution in [0.3, 0.4) is 0 Å². The minimum Gasteiger partial charge on any atom is -0.389 e. The van der Waals surface area contributed by atoms with Crippen LogP contribution in [-0.2, 0) is 0 Å². The molecule has 0 unspecified atom stereocenters. The summed E-state index contributed by atoms with van der Waals surface area (Å²) in [5.74, 6) is 1.08. The highest BCUT2D eigenvalue weighted by Crippen LogP contribution is 2.14. The van der Waals surface area contributed by atoms with Crippen molar-refractivity contribution in [1.82, 2.24) is 9.97 Å². The molecule has 0 amide bonds. The molecule has 0 fully saturated rings. The molecule has 0 spiro atoms. The van der Waals surface area contributed by atoms with Crippen LogP contribution in [0.15, 0.2) is 12.4 Å². The first-order valence-electron chi connectivity index (χ1n) is 4.97. The second kappa shape index (κ2) is 4.44. The molecule has 0 saturated heterocycles. The van der Waals surface area contributed by atoms with E-state index < -0.39 is 5.60 Å². The van der Waals surface area contributed by atoms with Crippen molar-refractivity contribution in [3.8, 4) is 0 Å². The average molecular weight is 210 g/mol. The molecule has 1 rings (SSSR count). The molecule has 0 aliphatic heterocycles. The number of nitrogens with two attached hydrogens (primary N) is 1. The molecule has 0 radical (unpaired) electrons. The molecular formula is C10H18N4O. The van der Waals surface area contributed by atoms with Gasteiger partial charge in [0.15, 0.2) is 0 Å². The molecule has 0 aromatic carbocycles. The fraction of sp³-hybridized carbons (Fsp3) is 0.600. The highest BCUT2D eigenvalue weighted by molar-refractivity contribution is 5.41. The molecule has 1 aromatic rings. The third kappa shape index (κ3) is 3.71. The maximum atomic E-state index is 9.73. The number of nitrogen functional groups attached to an aromatic ring is 1. The Hall–Kier alpha value is -1.36. The molecule has 3 N–H and O–H groups in total. The number of likely N-dealkylation sites (N-methyl/N-ethyl adjacent to an activating group) is 1. The first-order chi connectivity index (χ1) is 6.92. The predicted octanol–water partition coefficient (Wildman–Crippen LogP) is 0.656. The third-order valence-electron chi connectivity index (χ3n) is 1.92. The van der Waals surface area contributed by atoms with Crippen molar-refractivity contribution >= 4 is 11.6 Å². The van der Waals surface area contributed by atoms with Crippen LogP contribution in [0.5, 0.6) is 0 Å². The zero-order chi connectivity index (χ0) is 11.5. The van der Waals surface area contributed by atoms with Crippen molar-refractivity contribution < 1.29 is 5.11 Å². The van der Waals surface area contributed by atoms with Crippen LogP contribution in [0.1, 0.15) is 20.8 Å². The summed E-state index contributed by atoms with van der Waals surface area (Å²) < 4.78 is 0. The summed E-state index contributed by atoms with van der Waals surface area (Å²) in [6.07, 6.45) is 3.15. The van der Waals surface area contributed by atoms with E-state index >= 15 is 0 Å². The van der Waals surface area contributed by atoms with Gasteiger partial charge in [-0.05, 0) is 20.8 Å². The Bertz CT molecular complexity index is 321. The molecule has 0 saturated carbocycles. The molecule has 15 heavy (non-hydrogen) atoms. The Labute approximate surface area is 90.0 Å². The molecule has 1 aromatic heterocycles. The average Bonchev–Trinajstić information content (AvgIpc) is 2.13. The van der Waals surface area contributed by atoms with E-state index in [4.69, 9.17) is 5.73 Å². The summed E-state index contributed by atoms with van der Waals surface area (Å²) in [6.45, 7) is 6.77. The third-order valence-corrected chi connectivity index (χ3v) is 1.92. The number of rotatable bonds is 4. The van der Waals surface area contributed by atoms with E-state index in [-0.39, 0.29) is 0 Å². The first-order valence-corrected chi connectivity index (χ1v) is 4.97. The Morgan fingerprint density at radius 1 is 1.47 bits per heavy atom. The maximum Gasteiger partial charge on any atom is 0.149 e. The van der Waals surface area contributed by atoms with E-state index in [0.29, 0.717) is 18.2 Å². The van der Waals surface area contributed by atoms with E-state index in [1.165, 1.54) is 6.20 Å². The Morgan fingerprint density at radius 2 is 2.13 bits per heavy atom. The lowest BCUT2D eigenvalue weighted by atomic mass is 10.1. The van der Waals surface area contributed by atoms with Crippen LogP contribution in [0.2, 0.25) is 0 Å². The summed E-state index contributed by atoms with van der Waals surface area (Å²) in [4.78, 5) is 10.1. The van der Waals surface area contributed by atoms with Crippen molar-refractivity contribution in [2.45, 2.75) is 26.4 Å². The molecule has 5 nitrogen and oxygen atoms in total. The van der Waals surface area contributed by atoms with Gasteiger partial charge in [-0.3, -0.25) is 4.98 Å². The highest BCUT2D eigenvalue weighted by atomic mass is 16.3. The molecule has 1 heterocycles. The van der Waals surface area contributed by atoms with E-state index in [9.17, 15) is 5.11 Å². The minimum absolute atomic E-state index is 0.390. The van der Waals surface area contributed by atoms with Gasteiger partial charge in [0.25, 0.3) is 0 Å². The fourth-order valence-corrected chi connectivity index (χ4v) is 1.34. The summed E-state index contributed by atoms with van der Waals surface area (Å²) in [5.41, 5.74) is 4.79. The summed E-state index contributed by atoms with van der Waals surface area (Å²) >= 11 is 0. The summed E-state index contributed by atoms with van der Waals surface area (Å²) in [7, 11) is 0. The van der Waals surface area contributed by atoms with Gasteiger partial charge in [0.1, 0.15) is 11.6 Å². The highest BCUT2D eigenvalue weighted by Gasteiger charge is 2.18. The van der Waals surface area contributed by atoms with Gasteiger partial charge >= 0.3 is 0 Å². The SMILES string of the molecule is CCN(CC(C)(C)O)c1cncc(N)n1. The molecule has 0 aliphatic rings. The fourth-order valence-electron chi connectivity index (χ4n) is 1.34. The number of hydrogen-bond donors (Lipinski definition) is 2. The quantitative estimate of drug-likeness (QED) is 0.763. The zero-order valence-corrected chi connectivity index (χ0v) is 9.44. The van der Waals surface area contributed by atoms with Crippen LogP contribution in [-0.4, -0.2) is 33.8 Å². The van der Waals surface area contributed by atoms with Crippen LogP contribution in [0.4, 0.5) is 11.6 Å². The Morgan fingerprint density at radius 3 is 2.60 bits per heavy atom. The second-order valence-electron chi connectivity index (χ2n) is 4.13. The van der Waals surface area contributed by atoms with Crippen LogP contribution in [0.25, 0.3) is 0 Å². The Balaban J connectivity index is 2.83. The number of anilines is 2. The zero-order valence-electron chi connectivity index (χ0n) is 9.44. The first kappa shape index (κ1) is 11.7. The molecule has 5 heteroatoms. The van der Waals surface area contributed by atoms with Gasteiger partial charge in [-0.25, -0.2) is 4.98 Å². The van der Waals surface area contributed by atoms with Crippen molar-refractivity contribution in [2.24, 2.45) is 0 Å². The monoisotopic (exact) mass is 210 g/mol. The Kier molecular flexibility index (Phi) is 3.47. The van der Waals surface area contributed by atoms with Crippen LogP contribution < -0.4 is 10.6 Å². The maximum absolute atomic E-state index is 9.73. The lowest BCUT2D eigenvalue weighted by molar-refractivity contribution is 0.0874.